The lowest BCUT2D eigenvalue weighted by molar-refractivity contribution is -0.0675. The summed E-state index contributed by atoms with van der Waals surface area (Å²) in [6.07, 6.45) is 3.52. The Morgan fingerprint density at radius 1 is 1.12 bits per heavy atom. The molecule has 8 heteroatoms. The molecule has 2 saturated heterocycles. The summed E-state index contributed by atoms with van der Waals surface area (Å²) < 4.78 is 34.4. The smallest absolute Gasteiger partial charge is 0.256 e. The Balaban J connectivity index is 1.22. The standard InChI is InChI=1S/C24H24N2O5S/c1-16-6-8-18(9-7-16)32(29,30)25-13-17-12-23(10-11-24(17,15-25)31-23)14-26-21(27)19-4-2-3-5-20(19)22(26)28/h2-11,17,21,27H,12-15H2,1H3/t17-,21-,23+,24+/m0/s1. The van der Waals surface area contributed by atoms with Gasteiger partial charge in [-0.15, -0.1) is 0 Å². The predicted octanol–water partition coefficient (Wildman–Crippen LogP) is 2.23. The topological polar surface area (TPSA) is 87.2 Å². The van der Waals surface area contributed by atoms with Crippen molar-refractivity contribution in [2.45, 2.75) is 35.7 Å². The van der Waals surface area contributed by atoms with Crippen molar-refractivity contribution in [3.63, 3.8) is 0 Å². The van der Waals surface area contributed by atoms with E-state index in [-0.39, 0.29) is 29.8 Å². The second-order valence-electron chi connectivity index (χ2n) is 9.36. The molecule has 166 valence electrons. The molecule has 2 aromatic rings. The van der Waals surface area contributed by atoms with Crippen LogP contribution in [0.15, 0.2) is 65.6 Å². The molecule has 1 N–H and O–H groups in total. The summed E-state index contributed by atoms with van der Waals surface area (Å²) in [5, 5.41) is 10.7. The quantitative estimate of drug-likeness (QED) is 0.719. The highest BCUT2D eigenvalue weighted by Crippen LogP contribution is 2.54. The van der Waals surface area contributed by atoms with Gasteiger partial charge < -0.3 is 14.7 Å². The van der Waals surface area contributed by atoms with Crippen molar-refractivity contribution in [1.29, 1.82) is 0 Å². The Morgan fingerprint density at radius 2 is 1.88 bits per heavy atom. The third kappa shape index (κ3) is 2.70. The molecular weight excluding hydrogens is 428 g/mol. The molecule has 0 aromatic heterocycles. The minimum atomic E-state index is -3.61. The Hall–Kier alpha value is -2.52. The molecule has 0 unspecified atom stereocenters. The van der Waals surface area contributed by atoms with E-state index in [0.717, 1.165) is 5.56 Å². The van der Waals surface area contributed by atoms with E-state index in [2.05, 4.69) is 0 Å². The van der Waals surface area contributed by atoms with Crippen molar-refractivity contribution in [3.8, 4) is 0 Å². The minimum Gasteiger partial charge on any atom is -0.369 e. The number of benzene rings is 2. The number of rotatable bonds is 4. The zero-order chi connectivity index (χ0) is 22.3. The molecule has 32 heavy (non-hydrogen) atoms. The summed E-state index contributed by atoms with van der Waals surface area (Å²) in [5.74, 6) is -0.203. The van der Waals surface area contributed by atoms with Crippen LogP contribution in [0.5, 0.6) is 0 Å². The maximum Gasteiger partial charge on any atom is 0.256 e. The number of amides is 1. The molecule has 0 radical (unpaired) electrons. The largest absolute Gasteiger partial charge is 0.369 e. The Bertz CT molecular complexity index is 1260. The first kappa shape index (κ1) is 20.1. The molecule has 6 rings (SSSR count). The van der Waals surface area contributed by atoms with Crippen molar-refractivity contribution in [2.75, 3.05) is 19.6 Å². The number of aliphatic hydroxyl groups is 1. The van der Waals surface area contributed by atoms with Gasteiger partial charge in [0.2, 0.25) is 10.0 Å². The lowest BCUT2D eigenvalue weighted by Gasteiger charge is -2.32. The molecule has 2 aromatic carbocycles. The maximum absolute atomic E-state index is 13.2. The number of ether oxygens (including phenoxy) is 1. The van der Waals surface area contributed by atoms with Crippen molar-refractivity contribution in [1.82, 2.24) is 9.21 Å². The van der Waals surface area contributed by atoms with Gasteiger partial charge in [0, 0.05) is 30.1 Å². The van der Waals surface area contributed by atoms with E-state index in [1.165, 1.54) is 9.21 Å². The third-order valence-corrected chi connectivity index (χ3v) is 9.14. The van der Waals surface area contributed by atoms with Gasteiger partial charge in [0.05, 0.1) is 11.4 Å². The molecule has 4 aliphatic rings. The van der Waals surface area contributed by atoms with Gasteiger partial charge in [-0.25, -0.2) is 8.42 Å². The zero-order valence-electron chi connectivity index (χ0n) is 17.6. The van der Waals surface area contributed by atoms with E-state index >= 15 is 0 Å². The van der Waals surface area contributed by atoms with Crippen LogP contribution in [-0.2, 0) is 14.8 Å². The monoisotopic (exact) mass is 452 g/mol. The fraction of sp³-hybridized carbons (Fsp3) is 0.375. The van der Waals surface area contributed by atoms with Gasteiger partial charge >= 0.3 is 0 Å². The highest BCUT2D eigenvalue weighted by Gasteiger charge is 2.64. The Kier molecular flexibility index (Phi) is 4.09. The summed E-state index contributed by atoms with van der Waals surface area (Å²) in [7, 11) is -3.61. The minimum absolute atomic E-state index is 0.00458. The molecule has 0 aliphatic carbocycles. The number of carbonyl (C=O) groups excluding carboxylic acids is 1. The summed E-state index contributed by atoms with van der Waals surface area (Å²) in [6, 6.07) is 14.0. The van der Waals surface area contributed by atoms with Crippen LogP contribution in [0.25, 0.3) is 0 Å². The number of sulfonamides is 1. The third-order valence-electron chi connectivity index (χ3n) is 7.32. The first-order valence-electron chi connectivity index (χ1n) is 10.8. The van der Waals surface area contributed by atoms with Gasteiger partial charge in [-0.2, -0.15) is 4.31 Å². The number of carbonyl (C=O) groups is 1. The molecule has 1 amide bonds. The van der Waals surface area contributed by atoms with E-state index in [0.29, 0.717) is 24.1 Å². The van der Waals surface area contributed by atoms with Gasteiger partial charge in [0.25, 0.3) is 5.91 Å². The van der Waals surface area contributed by atoms with Crippen LogP contribution in [0.3, 0.4) is 0 Å². The first-order chi connectivity index (χ1) is 15.2. The van der Waals surface area contributed by atoms with Gasteiger partial charge in [0.1, 0.15) is 11.2 Å². The fourth-order valence-corrected chi connectivity index (χ4v) is 7.19. The van der Waals surface area contributed by atoms with Gasteiger partial charge in [0.15, 0.2) is 6.23 Å². The van der Waals surface area contributed by atoms with Gasteiger partial charge in [-0.3, -0.25) is 4.79 Å². The summed E-state index contributed by atoms with van der Waals surface area (Å²) in [5.41, 5.74) is 0.746. The molecule has 2 bridgehead atoms. The predicted molar refractivity (Wildman–Crippen MR) is 116 cm³/mol. The Labute approximate surface area is 187 Å². The average Bonchev–Trinajstić information content (AvgIpc) is 3.47. The van der Waals surface area contributed by atoms with Crippen LogP contribution >= 0.6 is 0 Å². The SMILES string of the molecule is Cc1ccc(S(=O)(=O)N2C[C@@H]3C[C@@]4(CN5C(=O)c6ccccc6[C@@H]5O)C=C[C@]3(C2)O4)cc1. The molecule has 4 heterocycles. The molecule has 2 fully saturated rings. The summed E-state index contributed by atoms with van der Waals surface area (Å²) >= 11 is 0. The van der Waals surface area contributed by atoms with Gasteiger partial charge in [-0.1, -0.05) is 48.0 Å². The van der Waals surface area contributed by atoms with Crippen molar-refractivity contribution in [2.24, 2.45) is 5.92 Å². The maximum atomic E-state index is 13.2. The Morgan fingerprint density at radius 3 is 2.59 bits per heavy atom. The summed E-state index contributed by atoms with van der Waals surface area (Å²) in [6.45, 7) is 2.79. The highest BCUT2D eigenvalue weighted by atomic mass is 32.2. The molecule has 0 saturated carbocycles. The van der Waals surface area contributed by atoms with E-state index in [9.17, 15) is 18.3 Å². The van der Waals surface area contributed by atoms with Crippen LogP contribution in [0.2, 0.25) is 0 Å². The van der Waals surface area contributed by atoms with E-state index in [4.69, 9.17) is 4.74 Å². The highest BCUT2D eigenvalue weighted by molar-refractivity contribution is 7.89. The second-order valence-corrected chi connectivity index (χ2v) is 11.3. The average molecular weight is 453 g/mol. The number of aryl methyl sites for hydroxylation is 1. The number of aliphatic hydroxyl groups excluding tert-OH is 1. The van der Waals surface area contributed by atoms with Gasteiger partial charge in [-0.05, 0) is 31.5 Å². The zero-order valence-corrected chi connectivity index (χ0v) is 18.5. The van der Waals surface area contributed by atoms with Crippen LogP contribution in [0, 0.1) is 12.8 Å². The van der Waals surface area contributed by atoms with Crippen LogP contribution < -0.4 is 0 Å². The number of fused-ring (bicyclic) bond motifs is 2. The second kappa shape index (κ2) is 6.51. The van der Waals surface area contributed by atoms with Crippen LogP contribution in [0.1, 0.15) is 34.1 Å². The van der Waals surface area contributed by atoms with E-state index < -0.39 is 27.5 Å². The molecule has 4 atom stereocenters. The van der Waals surface area contributed by atoms with Crippen LogP contribution in [-0.4, -0.2) is 59.5 Å². The summed E-state index contributed by atoms with van der Waals surface area (Å²) in [4.78, 5) is 14.6. The lowest BCUT2D eigenvalue weighted by Crippen LogP contribution is -2.44. The number of nitrogens with zero attached hydrogens (tertiary/aromatic N) is 2. The van der Waals surface area contributed by atoms with Crippen molar-refractivity contribution >= 4 is 15.9 Å². The number of hydrogen-bond donors (Lipinski definition) is 1. The van der Waals surface area contributed by atoms with Crippen molar-refractivity contribution < 1.29 is 23.1 Å². The molecule has 4 aliphatic heterocycles. The van der Waals surface area contributed by atoms with Crippen LogP contribution in [0.4, 0.5) is 0 Å². The normalized spacial score (nSPS) is 33.2. The van der Waals surface area contributed by atoms with Crippen molar-refractivity contribution in [3.05, 3.63) is 77.4 Å². The first-order valence-corrected chi connectivity index (χ1v) is 12.2. The number of hydrogen-bond acceptors (Lipinski definition) is 5. The fourth-order valence-electron chi connectivity index (χ4n) is 5.67. The van der Waals surface area contributed by atoms with E-state index in [1.54, 1.807) is 48.5 Å². The van der Waals surface area contributed by atoms with E-state index in [1.807, 2.05) is 19.1 Å². The molecular formula is C24H24N2O5S. The lowest BCUT2D eigenvalue weighted by atomic mass is 9.81. The molecule has 7 nitrogen and oxygen atoms in total. The molecule has 1 spiro atoms.